The van der Waals surface area contributed by atoms with Crippen molar-refractivity contribution in [1.82, 2.24) is 4.98 Å². The van der Waals surface area contributed by atoms with Crippen LogP contribution in [-0.2, 0) is 16.0 Å². The van der Waals surface area contributed by atoms with Gasteiger partial charge >= 0.3 is 5.97 Å². The van der Waals surface area contributed by atoms with Crippen molar-refractivity contribution in [2.24, 2.45) is 5.92 Å². The molecule has 1 heterocycles. The molecule has 1 aromatic heterocycles. The summed E-state index contributed by atoms with van der Waals surface area (Å²) in [6.07, 6.45) is 4.10. The van der Waals surface area contributed by atoms with E-state index in [9.17, 15) is 4.79 Å². The highest BCUT2D eigenvalue weighted by Crippen LogP contribution is 2.39. The van der Waals surface area contributed by atoms with Gasteiger partial charge in [-0.2, -0.15) is 0 Å². The summed E-state index contributed by atoms with van der Waals surface area (Å²) in [5, 5.41) is 3.20. The van der Waals surface area contributed by atoms with Gasteiger partial charge in [0.05, 0.1) is 23.7 Å². The Labute approximate surface area is 106 Å². The molecule has 0 radical (unpaired) electrons. The van der Waals surface area contributed by atoms with Crippen molar-refractivity contribution in [2.75, 3.05) is 6.61 Å². The fourth-order valence-electron chi connectivity index (χ4n) is 2.38. The molecule has 17 heavy (non-hydrogen) atoms. The minimum atomic E-state index is -0.177. The van der Waals surface area contributed by atoms with Gasteiger partial charge in [0.1, 0.15) is 0 Å². The number of carbonyl (C=O) groups is 1. The molecule has 94 valence electrons. The van der Waals surface area contributed by atoms with Crippen LogP contribution in [0.3, 0.4) is 0 Å². The van der Waals surface area contributed by atoms with E-state index >= 15 is 0 Å². The van der Waals surface area contributed by atoms with Crippen LogP contribution < -0.4 is 0 Å². The predicted octanol–water partition coefficient (Wildman–Crippen LogP) is 3.15. The molecule has 1 aromatic rings. The van der Waals surface area contributed by atoms with Crippen LogP contribution in [0.15, 0.2) is 5.38 Å². The topological polar surface area (TPSA) is 39.2 Å². The minimum absolute atomic E-state index is 0.177. The summed E-state index contributed by atoms with van der Waals surface area (Å²) in [5.74, 6) is 1.26. The van der Waals surface area contributed by atoms with Gasteiger partial charge in [0.2, 0.25) is 0 Å². The third kappa shape index (κ3) is 3.28. The lowest BCUT2D eigenvalue weighted by molar-refractivity contribution is -0.142. The van der Waals surface area contributed by atoms with Crippen molar-refractivity contribution < 1.29 is 9.53 Å². The van der Waals surface area contributed by atoms with Crippen molar-refractivity contribution in [1.29, 1.82) is 0 Å². The number of rotatable bonds is 4. The van der Waals surface area contributed by atoms with Crippen LogP contribution in [0.4, 0.5) is 0 Å². The molecule has 1 aliphatic carbocycles. The number of hydrogen-bond donors (Lipinski definition) is 0. The Morgan fingerprint density at radius 1 is 1.59 bits per heavy atom. The Balaban J connectivity index is 1.94. The van der Waals surface area contributed by atoms with E-state index in [0.717, 1.165) is 11.6 Å². The second kappa shape index (κ2) is 5.63. The van der Waals surface area contributed by atoms with E-state index in [1.165, 1.54) is 24.3 Å². The second-order valence-corrected chi connectivity index (χ2v) is 5.66. The Hall–Kier alpha value is -0.900. The lowest BCUT2D eigenvalue weighted by atomic mass is 10.1. The largest absolute Gasteiger partial charge is 0.466 e. The Bertz CT molecular complexity index is 389. The molecule has 1 saturated carbocycles. The summed E-state index contributed by atoms with van der Waals surface area (Å²) in [5.41, 5.74) is 0.864. The quantitative estimate of drug-likeness (QED) is 0.774. The summed E-state index contributed by atoms with van der Waals surface area (Å²) in [6, 6.07) is 0. The fraction of sp³-hybridized carbons (Fsp3) is 0.692. The first-order chi connectivity index (χ1) is 8.19. The van der Waals surface area contributed by atoms with E-state index in [4.69, 9.17) is 4.74 Å². The third-order valence-corrected chi connectivity index (χ3v) is 4.30. The Morgan fingerprint density at radius 3 is 3.06 bits per heavy atom. The molecule has 1 aliphatic rings. The summed E-state index contributed by atoms with van der Waals surface area (Å²) in [4.78, 5) is 15.9. The molecule has 0 saturated heterocycles. The van der Waals surface area contributed by atoms with Crippen LogP contribution in [0.1, 0.15) is 49.7 Å². The molecule has 1 fully saturated rings. The van der Waals surface area contributed by atoms with Crippen molar-refractivity contribution in [2.45, 2.75) is 45.4 Å². The highest BCUT2D eigenvalue weighted by atomic mass is 32.1. The van der Waals surface area contributed by atoms with E-state index in [1.807, 2.05) is 12.3 Å². The van der Waals surface area contributed by atoms with Crippen molar-refractivity contribution in [3.8, 4) is 0 Å². The van der Waals surface area contributed by atoms with Gasteiger partial charge in [-0.15, -0.1) is 11.3 Å². The van der Waals surface area contributed by atoms with E-state index in [0.29, 0.717) is 18.9 Å². The standard InChI is InChI=1S/C13H19NO2S/c1-3-16-12(15)7-11-8-17-13(14-11)10-5-4-9(2)6-10/h8-10H,3-7H2,1-2H3. The van der Waals surface area contributed by atoms with Crippen LogP contribution in [-0.4, -0.2) is 17.6 Å². The maximum Gasteiger partial charge on any atom is 0.311 e. The summed E-state index contributed by atoms with van der Waals surface area (Å²) in [7, 11) is 0. The number of carbonyl (C=O) groups excluding carboxylic acids is 1. The molecule has 0 amide bonds. The number of nitrogens with zero attached hydrogens (tertiary/aromatic N) is 1. The Kier molecular flexibility index (Phi) is 4.15. The van der Waals surface area contributed by atoms with Crippen LogP contribution in [0.5, 0.6) is 0 Å². The van der Waals surface area contributed by atoms with Gasteiger partial charge in [0, 0.05) is 11.3 Å². The summed E-state index contributed by atoms with van der Waals surface area (Å²) in [6.45, 7) is 4.56. The van der Waals surface area contributed by atoms with Crippen LogP contribution in [0.2, 0.25) is 0 Å². The SMILES string of the molecule is CCOC(=O)Cc1csc(C2CCC(C)C2)n1. The van der Waals surface area contributed by atoms with Gasteiger partial charge in [-0.25, -0.2) is 4.98 Å². The first-order valence-electron chi connectivity index (χ1n) is 6.29. The van der Waals surface area contributed by atoms with Crippen molar-refractivity contribution >= 4 is 17.3 Å². The number of esters is 1. The molecule has 2 unspecified atom stereocenters. The second-order valence-electron chi connectivity index (χ2n) is 4.77. The smallest absolute Gasteiger partial charge is 0.311 e. The molecule has 0 bridgehead atoms. The molecule has 0 aromatic carbocycles. The molecule has 3 nitrogen and oxygen atoms in total. The molecule has 2 rings (SSSR count). The molecule has 0 spiro atoms. The zero-order chi connectivity index (χ0) is 12.3. The molecular weight excluding hydrogens is 234 g/mol. The van der Waals surface area contributed by atoms with Gasteiger partial charge in [-0.3, -0.25) is 4.79 Å². The van der Waals surface area contributed by atoms with Crippen LogP contribution >= 0.6 is 11.3 Å². The lowest BCUT2D eigenvalue weighted by Gasteiger charge is -2.04. The third-order valence-electron chi connectivity index (χ3n) is 3.24. The average Bonchev–Trinajstić information content (AvgIpc) is 2.87. The van der Waals surface area contributed by atoms with Gasteiger partial charge in [-0.1, -0.05) is 13.3 Å². The average molecular weight is 253 g/mol. The van der Waals surface area contributed by atoms with E-state index < -0.39 is 0 Å². The maximum atomic E-state index is 11.3. The van der Waals surface area contributed by atoms with Crippen LogP contribution in [0, 0.1) is 5.92 Å². The highest BCUT2D eigenvalue weighted by Gasteiger charge is 2.25. The highest BCUT2D eigenvalue weighted by molar-refractivity contribution is 7.09. The van der Waals surface area contributed by atoms with Gasteiger partial charge in [-0.05, 0) is 25.7 Å². The van der Waals surface area contributed by atoms with Crippen LogP contribution in [0.25, 0.3) is 0 Å². The fourth-order valence-corrected chi connectivity index (χ4v) is 3.35. The normalized spacial score (nSPS) is 23.9. The molecule has 4 heteroatoms. The summed E-state index contributed by atoms with van der Waals surface area (Å²) < 4.78 is 4.92. The maximum absolute atomic E-state index is 11.3. The zero-order valence-corrected chi connectivity index (χ0v) is 11.3. The van der Waals surface area contributed by atoms with E-state index in [1.54, 1.807) is 11.3 Å². The minimum Gasteiger partial charge on any atom is -0.466 e. The van der Waals surface area contributed by atoms with Crippen molar-refractivity contribution in [3.63, 3.8) is 0 Å². The number of aromatic nitrogens is 1. The van der Waals surface area contributed by atoms with Gasteiger partial charge in [0.15, 0.2) is 0 Å². The monoisotopic (exact) mass is 253 g/mol. The molecule has 2 atom stereocenters. The van der Waals surface area contributed by atoms with Crippen molar-refractivity contribution in [3.05, 3.63) is 16.1 Å². The Morgan fingerprint density at radius 2 is 2.41 bits per heavy atom. The molecule has 0 N–H and O–H groups in total. The predicted molar refractivity (Wildman–Crippen MR) is 68.2 cm³/mol. The molecule has 0 aliphatic heterocycles. The molecular formula is C13H19NO2S. The first kappa shape index (κ1) is 12.6. The number of ether oxygens (including phenoxy) is 1. The van der Waals surface area contributed by atoms with Gasteiger partial charge < -0.3 is 4.74 Å². The number of thiazole rings is 1. The zero-order valence-electron chi connectivity index (χ0n) is 10.4. The summed E-state index contributed by atoms with van der Waals surface area (Å²) >= 11 is 1.69. The van der Waals surface area contributed by atoms with E-state index in [-0.39, 0.29) is 5.97 Å². The van der Waals surface area contributed by atoms with E-state index in [2.05, 4.69) is 11.9 Å². The lowest BCUT2D eigenvalue weighted by Crippen LogP contribution is -2.07. The first-order valence-corrected chi connectivity index (χ1v) is 7.17. The van der Waals surface area contributed by atoms with Gasteiger partial charge in [0.25, 0.3) is 0 Å². The number of hydrogen-bond acceptors (Lipinski definition) is 4.